The van der Waals surface area contributed by atoms with Gasteiger partial charge in [0.15, 0.2) is 0 Å². The molecule has 102 valence electrons. The van der Waals surface area contributed by atoms with Gasteiger partial charge < -0.3 is 15.4 Å². The second-order valence-electron chi connectivity index (χ2n) is 4.59. The van der Waals surface area contributed by atoms with Crippen molar-refractivity contribution in [3.05, 3.63) is 22.2 Å². The van der Waals surface area contributed by atoms with Crippen LogP contribution < -0.4 is 10.6 Å². The summed E-state index contributed by atoms with van der Waals surface area (Å²) in [6, 6.07) is 3.64. The molecule has 6 heteroatoms. The number of nitrogen functional groups attached to an aromatic ring is 1. The molecule has 1 amide bonds. The van der Waals surface area contributed by atoms with Gasteiger partial charge in [-0.25, -0.2) is 0 Å². The minimum Gasteiger partial charge on any atom is -0.469 e. The summed E-state index contributed by atoms with van der Waals surface area (Å²) in [5.74, 6) is -0.878. The summed E-state index contributed by atoms with van der Waals surface area (Å²) in [5, 5.41) is 0. The van der Waals surface area contributed by atoms with E-state index in [1.165, 1.54) is 7.11 Å². The average molecular weight is 327 g/mol. The van der Waals surface area contributed by atoms with Gasteiger partial charge in [-0.05, 0) is 24.6 Å². The van der Waals surface area contributed by atoms with Crippen LogP contribution in [0.5, 0.6) is 0 Å². The summed E-state index contributed by atoms with van der Waals surface area (Å²) in [6.07, 6.45) is 0.168. The van der Waals surface area contributed by atoms with Crippen molar-refractivity contribution in [1.82, 2.24) is 0 Å². The van der Waals surface area contributed by atoms with Crippen LogP contribution in [0.2, 0.25) is 0 Å². The third-order valence-electron chi connectivity index (χ3n) is 3.22. The topological polar surface area (TPSA) is 72.6 Å². The first-order chi connectivity index (χ1) is 8.93. The van der Waals surface area contributed by atoms with E-state index in [0.717, 1.165) is 10.0 Å². The predicted octanol–water partition coefficient (Wildman–Crippen LogP) is 1.87. The molecule has 1 atom stereocenters. The first-order valence-corrected chi connectivity index (χ1v) is 6.67. The predicted molar refractivity (Wildman–Crippen MR) is 75.8 cm³/mol. The molecule has 2 rings (SSSR count). The summed E-state index contributed by atoms with van der Waals surface area (Å²) in [4.78, 5) is 25.1. The highest BCUT2D eigenvalue weighted by molar-refractivity contribution is 9.10. The first-order valence-electron chi connectivity index (χ1n) is 5.88. The van der Waals surface area contributed by atoms with Gasteiger partial charge >= 0.3 is 5.97 Å². The Morgan fingerprint density at radius 1 is 1.53 bits per heavy atom. The van der Waals surface area contributed by atoms with E-state index in [4.69, 9.17) is 5.73 Å². The summed E-state index contributed by atoms with van der Waals surface area (Å²) < 4.78 is 5.55. The fraction of sp³-hybridized carbons (Fsp3) is 0.385. The van der Waals surface area contributed by atoms with Crippen LogP contribution in [-0.2, 0) is 14.3 Å². The van der Waals surface area contributed by atoms with E-state index in [1.54, 1.807) is 11.0 Å². The molecular weight excluding hydrogens is 312 g/mol. The van der Waals surface area contributed by atoms with Gasteiger partial charge in [0.05, 0.1) is 24.4 Å². The number of carbonyl (C=O) groups is 2. The number of nitrogens with two attached hydrogens (primary N) is 1. The molecule has 1 aromatic rings. The summed E-state index contributed by atoms with van der Waals surface area (Å²) in [6.45, 7) is 2.20. The van der Waals surface area contributed by atoms with Crippen molar-refractivity contribution in [3.63, 3.8) is 0 Å². The van der Waals surface area contributed by atoms with Gasteiger partial charge in [-0.2, -0.15) is 0 Å². The number of esters is 1. The molecule has 2 N–H and O–H groups in total. The molecule has 0 spiro atoms. The smallest absolute Gasteiger partial charge is 0.311 e. The van der Waals surface area contributed by atoms with Crippen LogP contribution in [0.3, 0.4) is 0 Å². The van der Waals surface area contributed by atoms with E-state index in [9.17, 15) is 9.59 Å². The standard InChI is InChI=1S/C13H15BrN2O3/c1-7-3-9(14)5-10(15)12(7)16-6-8(4-11(16)17)13(18)19-2/h3,5,8H,4,6,15H2,1-2H3. The number of benzene rings is 1. The summed E-state index contributed by atoms with van der Waals surface area (Å²) >= 11 is 3.36. The second kappa shape index (κ2) is 5.21. The molecule has 1 aromatic carbocycles. The lowest BCUT2D eigenvalue weighted by molar-refractivity contribution is -0.145. The van der Waals surface area contributed by atoms with Crippen LogP contribution in [-0.4, -0.2) is 25.5 Å². The van der Waals surface area contributed by atoms with Crippen molar-refractivity contribution in [3.8, 4) is 0 Å². The molecule has 0 saturated carbocycles. The fourth-order valence-corrected chi connectivity index (χ4v) is 2.97. The van der Waals surface area contributed by atoms with Gasteiger partial charge in [-0.3, -0.25) is 9.59 Å². The largest absolute Gasteiger partial charge is 0.469 e. The molecule has 0 aliphatic carbocycles. The molecule has 0 radical (unpaired) electrons. The zero-order valence-corrected chi connectivity index (χ0v) is 12.4. The highest BCUT2D eigenvalue weighted by Gasteiger charge is 2.37. The third-order valence-corrected chi connectivity index (χ3v) is 3.68. The number of methoxy groups -OCH3 is 1. The lowest BCUT2D eigenvalue weighted by atomic mass is 10.1. The number of halogens is 1. The van der Waals surface area contributed by atoms with E-state index in [-0.39, 0.29) is 18.3 Å². The number of anilines is 2. The van der Waals surface area contributed by atoms with Crippen molar-refractivity contribution in [1.29, 1.82) is 0 Å². The Labute approximate surface area is 119 Å². The quantitative estimate of drug-likeness (QED) is 0.665. The van der Waals surface area contributed by atoms with Crippen LogP contribution in [0.1, 0.15) is 12.0 Å². The Morgan fingerprint density at radius 3 is 2.79 bits per heavy atom. The van der Waals surface area contributed by atoms with E-state index in [0.29, 0.717) is 17.9 Å². The lowest BCUT2D eigenvalue weighted by Crippen LogP contribution is -2.27. The van der Waals surface area contributed by atoms with Crippen molar-refractivity contribution >= 4 is 39.2 Å². The Balaban J connectivity index is 2.33. The Morgan fingerprint density at radius 2 is 2.21 bits per heavy atom. The minimum absolute atomic E-state index is 0.104. The highest BCUT2D eigenvalue weighted by Crippen LogP contribution is 2.35. The van der Waals surface area contributed by atoms with E-state index >= 15 is 0 Å². The minimum atomic E-state index is -0.417. The van der Waals surface area contributed by atoms with Crippen LogP contribution in [0.4, 0.5) is 11.4 Å². The van der Waals surface area contributed by atoms with Crippen molar-refractivity contribution in [2.24, 2.45) is 5.92 Å². The molecule has 1 fully saturated rings. The zero-order valence-electron chi connectivity index (χ0n) is 10.8. The van der Waals surface area contributed by atoms with E-state index < -0.39 is 5.92 Å². The lowest BCUT2D eigenvalue weighted by Gasteiger charge is -2.21. The normalized spacial score (nSPS) is 18.8. The Hall–Kier alpha value is -1.56. The zero-order chi connectivity index (χ0) is 14.2. The van der Waals surface area contributed by atoms with Gasteiger partial charge in [0.2, 0.25) is 5.91 Å². The molecule has 5 nitrogen and oxygen atoms in total. The number of amides is 1. The van der Waals surface area contributed by atoms with Crippen LogP contribution >= 0.6 is 15.9 Å². The number of aryl methyl sites for hydroxylation is 1. The monoisotopic (exact) mass is 326 g/mol. The van der Waals surface area contributed by atoms with Gasteiger partial charge in [0.25, 0.3) is 0 Å². The maximum Gasteiger partial charge on any atom is 0.311 e. The van der Waals surface area contributed by atoms with Gasteiger partial charge in [0.1, 0.15) is 0 Å². The number of nitrogens with zero attached hydrogens (tertiary/aromatic N) is 1. The molecule has 1 aliphatic heterocycles. The molecule has 1 aliphatic rings. The molecule has 1 saturated heterocycles. The number of rotatable bonds is 2. The molecular formula is C13H15BrN2O3. The van der Waals surface area contributed by atoms with E-state index in [1.807, 2.05) is 13.0 Å². The summed E-state index contributed by atoms with van der Waals surface area (Å²) in [7, 11) is 1.33. The van der Waals surface area contributed by atoms with Gasteiger partial charge in [-0.1, -0.05) is 15.9 Å². The number of hydrogen-bond donors (Lipinski definition) is 1. The Kier molecular flexibility index (Phi) is 3.80. The fourth-order valence-electron chi connectivity index (χ4n) is 2.38. The molecule has 0 aromatic heterocycles. The first kappa shape index (κ1) is 13.9. The third kappa shape index (κ3) is 2.58. The van der Waals surface area contributed by atoms with Crippen molar-refractivity contribution < 1.29 is 14.3 Å². The second-order valence-corrected chi connectivity index (χ2v) is 5.50. The average Bonchev–Trinajstić information content (AvgIpc) is 2.69. The Bertz CT molecular complexity index is 522. The van der Waals surface area contributed by atoms with Gasteiger partial charge in [0, 0.05) is 17.4 Å². The number of carbonyl (C=O) groups excluding carboxylic acids is 2. The van der Waals surface area contributed by atoms with Gasteiger partial charge in [-0.15, -0.1) is 0 Å². The molecule has 1 heterocycles. The molecule has 0 bridgehead atoms. The van der Waals surface area contributed by atoms with E-state index in [2.05, 4.69) is 20.7 Å². The number of ether oxygens (including phenoxy) is 1. The van der Waals surface area contributed by atoms with Crippen molar-refractivity contribution in [2.75, 3.05) is 24.3 Å². The van der Waals surface area contributed by atoms with Crippen LogP contribution in [0.25, 0.3) is 0 Å². The number of hydrogen-bond acceptors (Lipinski definition) is 4. The molecule has 1 unspecified atom stereocenters. The SMILES string of the molecule is COC(=O)C1CC(=O)N(c2c(C)cc(Br)cc2N)C1. The van der Waals surface area contributed by atoms with Crippen molar-refractivity contribution in [2.45, 2.75) is 13.3 Å². The molecule has 19 heavy (non-hydrogen) atoms. The van der Waals surface area contributed by atoms with Crippen LogP contribution in [0, 0.1) is 12.8 Å². The highest BCUT2D eigenvalue weighted by atomic mass is 79.9. The maximum absolute atomic E-state index is 12.0. The maximum atomic E-state index is 12.0. The summed E-state index contributed by atoms with van der Waals surface area (Å²) in [5.41, 5.74) is 8.07. The van der Waals surface area contributed by atoms with Crippen LogP contribution in [0.15, 0.2) is 16.6 Å².